The summed E-state index contributed by atoms with van der Waals surface area (Å²) in [5.41, 5.74) is -0.147. The molecule has 0 saturated carbocycles. The molecule has 1 atom stereocenters. The molecule has 25 heavy (non-hydrogen) atoms. The molecular formula is C16H17FN2O5S. The van der Waals surface area contributed by atoms with Crippen LogP contribution in [0.4, 0.5) is 10.1 Å². The summed E-state index contributed by atoms with van der Waals surface area (Å²) in [4.78, 5) is 14.6. The first-order valence-corrected chi connectivity index (χ1v) is 8.81. The Hall–Kier alpha value is -2.36. The van der Waals surface area contributed by atoms with E-state index in [-0.39, 0.29) is 13.0 Å². The van der Waals surface area contributed by atoms with Crippen molar-refractivity contribution < 1.29 is 22.6 Å². The van der Waals surface area contributed by atoms with Crippen LogP contribution in [0.25, 0.3) is 0 Å². The lowest BCUT2D eigenvalue weighted by atomic mass is 10.1. The van der Waals surface area contributed by atoms with Crippen molar-refractivity contribution in [3.63, 3.8) is 0 Å². The van der Waals surface area contributed by atoms with E-state index in [0.717, 1.165) is 19.2 Å². The lowest BCUT2D eigenvalue weighted by molar-refractivity contribution is -0.387. The number of nitro benzene ring substituents is 1. The van der Waals surface area contributed by atoms with Gasteiger partial charge in [-0.3, -0.25) is 15.0 Å². The van der Waals surface area contributed by atoms with Gasteiger partial charge in [0.05, 0.1) is 12.0 Å². The van der Waals surface area contributed by atoms with E-state index < -0.39 is 31.7 Å². The fraction of sp³-hybridized carbons (Fsp3) is 0.250. The monoisotopic (exact) mass is 368 g/mol. The molecule has 0 saturated heterocycles. The maximum atomic E-state index is 14.2. The van der Waals surface area contributed by atoms with Crippen LogP contribution in [-0.2, 0) is 14.9 Å². The van der Waals surface area contributed by atoms with Gasteiger partial charge in [0.2, 0.25) is 0 Å². The minimum absolute atomic E-state index is 0.155. The molecule has 0 fully saturated rings. The number of para-hydroxylation sites is 1. The smallest absolute Gasteiger partial charge is 0.287 e. The van der Waals surface area contributed by atoms with Crippen molar-refractivity contribution in [2.75, 3.05) is 13.7 Å². The maximum absolute atomic E-state index is 14.2. The van der Waals surface area contributed by atoms with Crippen molar-refractivity contribution in [3.8, 4) is 0 Å². The van der Waals surface area contributed by atoms with E-state index in [1.807, 2.05) is 0 Å². The fourth-order valence-corrected chi connectivity index (χ4v) is 3.71. The summed E-state index contributed by atoms with van der Waals surface area (Å²) in [6.07, 6.45) is -1.54. The van der Waals surface area contributed by atoms with Crippen molar-refractivity contribution in [2.45, 2.75) is 17.5 Å². The Labute approximate surface area is 144 Å². The topological polar surface area (TPSA) is 89.8 Å². The molecule has 0 aromatic heterocycles. The lowest BCUT2D eigenvalue weighted by Crippen LogP contribution is -2.32. The maximum Gasteiger partial charge on any atom is 0.289 e. The molecule has 0 radical (unpaired) electrons. The minimum atomic E-state index is -4.30. The van der Waals surface area contributed by atoms with Crippen molar-refractivity contribution in [1.29, 1.82) is 0 Å². The molecule has 2 aromatic carbocycles. The number of rotatable bonds is 8. The molecule has 0 heterocycles. The van der Waals surface area contributed by atoms with E-state index in [0.29, 0.717) is 10.0 Å². The molecule has 0 spiro atoms. The van der Waals surface area contributed by atoms with Crippen molar-refractivity contribution >= 4 is 15.7 Å². The van der Waals surface area contributed by atoms with Crippen LogP contribution < -0.4 is 0 Å². The van der Waals surface area contributed by atoms with E-state index in [9.17, 15) is 22.9 Å². The van der Waals surface area contributed by atoms with Crippen LogP contribution >= 0.6 is 0 Å². The predicted molar refractivity (Wildman–Crippen MR) is 88.9 cm³/mol. The molecule has 0 unspecified atom stereocenters. The first-order chi connectivity index (χ1) is 11.9. The summed E-state index contributed by atoms with van der Waals surface area (Å²) in [7, 11) is -3.19. The molecule has 0 N–H and O–H groups in total. The molecule has 2 rings (SSSR count). The first kappa shape index (κ1) is 19.0. The summed E-state index contributed by atoms with van der Waals surface area (Å²) >= 11 is 0. The van der Waals surface area contributed by atoms with Crippen LogP contribution in [0, 0.1) is 10.1 Å². The lowest BCUT2D eigenvalue weighted by Gasteiger charge is -2.20. The van der Waals surface area contributed by atoms with Gasteiger partial charge in [0.1, 0.15) is 6.17 Å². The standard InChI is InChI=1S/C16H17FN2O5S/c1-24-18(12-11-14(17)13-7-3-2-4-8-13)25(22,23)16-10-6-5-9-15(16)19(20)21/h2-10,14H,11-12H2,1H3/t14-/m1/s1. The number of nitro groups is 1. The van der Waals surface area contributed by atoms with E-state index in [1.54, 1.807) is 30.3 Å². The van der Waals surface area contributed by atoms with Crippen molar-refractivity contribution in [3.05, 3.63) is 70.3 Å². The number of hydroxylamine groups is 1. The van der Waals surface area contributed by atoms with E-state index in [2.05, 4.69) is 0 Å². The Morgan fingerprint density at radius 1 is 1.16 bits per heavy atom. The third kappa shape index (κ3) is 4.38. The fourth-order valence-electron chi connectivity index (χ4n) is 2.29. The average Bonchev–Trinajstić information content (AvgIpc) is 2.62. The molecule has 134 valence electrons. The second-order valence-electron chi connectivity index (χ2n) is 5.11. The van der Waals surface area contributed by atoms with Gasteiger partial charge in [-0.1, -0.05) is 46.9 Å². The van der Waals surface area contributed by atoms with Crippen LogP contribution in [0.2, 0.25) is 0 Å². The number of halogens is 1. The van der Waals surface area contributed by atoms with Crippen LogP contribution in [0.3, 0.4) is 0 Å². The number of alkyl halides is 1. The summed E-state index contributed by atoms with van der Waals surface area (Å²) in [5, 5.41) is 11.1. The average molecular weight is 368 g/mol. The van der Waals surface area contributed by atoms with Gasteiger partial charge in [-0.15, -0.1) is 0 Å². The Morgan fingerprint density at radius 2 is 1.76 bits per heavy atom. The molecule has 9 heteroatoms. The number of benzene rings is 2. The van der Waals surface area contributed by atoms with Crippen LogP contribution in [0.1, 0.15) is 18.2 Å². The summed E-state index contributed by atoms with van der Waals surface area (Å²) in [6, 6.07) is 13.2. The van der Waals surface area contributed by atoms with Crippen LogP contribution in [0.15, 0.2) is 59.5 Å². The Balaban J connectivity index is 2.21. The van der Waals surface area contributed by atoms with Gasteiger partial charge in [-0.05, 0) is 18.1 Å². The molecule has 0 aliphatic heterocycles. The highest BCUT2D eigenvalue weighted by molar-refractivity contribution is 7.89. The first-order valence-electron chi connectivity index (χ1n) is 7.37. The van der Waals surface area contributed by atoms with Gasteiger partial charge in [-0.2, -0.15) is 0 Å². The highest BCUT2D eigenvalue weighted by Gasteiger charge is 2.32. The van der Waals surface area contributed by atoms with Gasteiger partial charge in [0, 0.05) is 12.6 Å². The molecule has 0 aliphatic carbocycles. The number of nitrogens with zero attached hydrogens (tertiary/aromatic N) is 2. The normalized spacial score (nSPS) is 12.9. The zero-order valence-electron chi connectivity index (χ0n) is 13.4. The Kier molecular flexibility index (Phi) is 6.18. The molecule has 7 nitrogen and oxygen atoms in total. The van der Waals surface area contributed by atoms with Crippen LogP contribution in [-0.4, -0.2) is 31.5 Å². The molecule has 2 aromatic rings. The number of hydrogen-bond donors (Lipinski definition) is 0. The second kappa shape index (κ2) is 8.15. The highest BCUT2D eigenvalue weighted by Crippen LogP contribution is 2.28. The Morgan fingerprint density at radius 3 is 2.36 bits per heavy atom. The van der Waals surface area contributed by atoms with E-state index in [1.165, 1.54) is 12.1 Å². The number of hydrogen-bond acceptors (Lipinski definition) is 5. The largest absolute Gasteiger partial charge is 0.289 e. The van der Waals surface area contributed by atoms with Gasteiger partial charge in [0.25, 0.3) is 15.7 Å². The van der Waals surface area contributed by atoms with Gasteiger partial charge in [0.15, 0.2) is 4.90 Å². The predicted octanol–water partition coefficient (Wildman–Crippen LogP) is 3.25. The second-order valence-corrected chi connectivity index (χ2v) is 6.90. The van der Waals surface area contributed by atoms with Crippen LogP contribution in [0.5, 0.6) is 0 Å². The zero-order valence-corrected chi connectivity index (χ0v) is 14.2. The number of sulfonamides is 1. The zero-order chi connectivity index (χ0) is 18.4. The van der Waals surface area contributed by atoms with Gasteiger partial charge < -0.3 is 0 Å². The van der Waals surface area contributed by atoms with Gasteiger partial charge in [-0.25, -0.2) is 12.8 Å². The third-order valence-corrected chi connectivity index (χ3v) is 5.31. The summed E-state index contributed by atoms with van der Waals surface area (Å²) in [6.45, 7) is -0.291. The Bertz CT molecular complexity index is 829. The molecule has 0 amide bonds. The van der Waals surface area contributed by atoms with Crippen molar-refractivity contribution in [2.24, 2.45) is 0 Å². The quantitative estimate of drug-likeness (QED) is 0.527. The SMILES string of the molecule is CON(CC[C@@H](F)c1ccccc1)S(=O)(=O)c1ccccc1[N+](=O)[O-]. The van der Waals surface area contributed by atoms with E-state index in [4.69, 9.17) is 4.84 Å². The summed E-state index contributed by atoms with van der Waals surface area (Å²) < 4.78 is 40.0. The minimum Gasteiger partial charge on any atom is -0.287 e. The summed E-state index contributed by atoms with van der Waals surface area (Å²) in [5.74, 6) is 0. The van der Waals surface area contributed by atoms with E-state index >= 15 is 0 Å². The third-order valence-electron chi connectivity index (χ3n) is 3.54. The van der Waals surface area contributed by atoms with Crippen molar-refractivity contribution in [1.82, 2.24) is 4.47 Å². The van der Waals surface area contributed by atoms with Gasteiger partial charge >= 0.3 is 0 Å². The molecule has 0 bridgehead atoms. The molecule has 0 aliphatic rings. The molecular weight excluding hydrogens is 351 g/mol. The highest BCUT2D eigenvalue weighted by atomic mass is 32.2.